The number of ether oxygens (including phenoxy) is 12. The lowest BCUT2D eigenvalue weighted by Gasteiger charge is -2.48. The van der Waals surface area contributed by atoms with E-state index in [0.717, 1.165) is 26.5 Å². The maximum Gasteiger partial charge on any atom is 0.364 e. The molecular formula is C53H79N3O32. The van der Waals surface area contributed by atoms with Crippen molar-refractivity contribution in [2.45, 2.75) is 206 Å². The largest absolute Gasteiger partial charge is 0.477 e. The topological polar surface area (TPSA) is 529 Å². The molecule has 5 aliphatic rings. The van der Waals surface area contributed by atoms with Crippen LogP contribution in [0.5, 0.6) is 0 Å². The maximum atomic E-state index is 13.1. The molecule has 88 heavy (non-hydrogen) atoms. The first kappa shape index (κ1) is 71.9. The molecule has 6 rings (SSSR count). The summed E-state index contributed by atoms with van der Waals surface area (Å²) >= 11 is 0. The first-order chi connectivity index (χ1) is 41.8. The number of methoxy groups -OCH3 is 1. The van der Waals surface area contributed by atoms with Crippen LogP contribution in [-0.2, 0) is 92.0 Å². The molecule has 0 aliphatic carbocycles. The number of nitrogens with one attached hydrogen (secondary N) is 3. The predicted molar refractivity (Wildman–Crippen MR) is 281 cm³/mol. The van der Waals surface area contributed by atoms with Gasteiger partial charge >= 0.3 is 5.97 Å². The van der Waals surface area contributed by atoms with Crippen LogP contribution in [0, 0.1) is 5.92 Å². The van der Waals surface area contributed by atoms with Crippen LogP contribution in [0.25, 0.3) is 0 Å². The van der Waals surface area contributed by atoms with E-state index >= 15 is 0 Å². The highest BCUT2D eigenvalue weighted by Gasteiger charge is 2.56. The molecule has 1 aromatic carbocycles. The Kier molecular flexibility index (Phi) is 27.2. The van der Waals surface area contributed by atoms with Gasteiger partial charge in [0.2, 0.25) is 24.4 Å². The quantitative estimate of drug-likeness (QED) is 0.0242. The molecule has 0 radical (unpaired) electrons. The van der Waals surface area contributed by atoms with Gasteiger partial charge < -0.3 is 139 Å². The van der Waals surface area contributed by atoms with Crippen molar-refractivity contribution in [1.29, 1.82) is 0 Å². The van der Waals surface area contributed by atoms with E-state index in [1.165, 1.54) is 12.1 Å². The number of carbonyl (C=O) groups excluding carboxylic acids is 6. The average Bonchev–Trinajstić information content (AvgIpc) is 1.52. The smallest absolute Gasteiger partial charge is 0.364 e. The zero-order chi connectivity index (χ0) is 64.7. The maximum absolute atomic E-state index is 13.1. The Morgan fingerprint density at radius 1 is 0.693 bits per heavy atom. The molecule has 25 atom stereocenters. The van der Waals surface area contributed by atoms with Gasteiger partial charge in [-0.05, 0) is 30.5 Å². The molecule has 0 bridgehead atoms. The van der Waals surface area contributed by atoms with Crippen LogP contribution in [0.1, 0.15) is 68.3 Å². The number of ketones is 1. The SMILES string of the molecule is CO[C@]1(C(=O)O)C[C@@H](O)[C@@H](CC(=O)CCCc2ccc(C(=O)NCCO[C@@H]3OC(OC=O)[C@@H](O[C@H]4OC(CO)[C@@H](O[C@@H]5OC(OC=O)[C@@H](O[C@H]6OC(CO)[C@@H](O)[C@H](O)C6NC(C)=O)[C@H](O)C5O)CC4NC(C)=O)[C@H](O)C3O)cc2)C(C[C@H](O)[C@H](O)CO)O1. The van der Waals surface area contributed by atoms with Gasteiger partial charge in [0.05, 0.1) is 56.9 Å². The van der Waals surface area contributed by atoms with Gasteiger partial charge in [0.1, 0.15) is 66.8 Å². The summed E-state index contributed by atoms with van der Waals surface area (Å²) in [6.45, 7) is -1.07. The summed E-state index contributed by atoms with van der Waals surface area (Å²) in [4.78, 5) is 86.1. The highest BCUT2D eigenvalue weighted by Crippen LogP contribution is 2.39. The summed E-state index contributed by atoms with van der Waals surface area (Å²) in [6.07, 6.45) is -37.2. The second-order valence-electron chi connectivity index (χ2n) is 21.6. The third kappa shape index (κ3) is 18.1. The summed E-state index contributed by atoms with van der Waals surface area (Å²) in [5.74, 6) is -7.07. The van der Waals surface area contributed by atoms with Crippen molar-refractivity contribution in [1.82, 2.24) is 16.0 Å². The van der Waals surface area contributed by atoms with Crippen molar-refractivity contribution >= 4 is 42.4 Å². The predicted octanol–water partition coefficient (Wildman–Crippen LogP) is -8.12. The van der Waals surface area contributed by atoms with Crippen molar-refractivity contribution in [3.8, 4) is 0 Å². The van der Waals surface area contributed by atoms with E-state index in [2.05, 4.69) is 16.0 Å². The van der Waals surface area contributed by atoms with E-state index in [1.807, 2.05) is 0 Å². The van der Waals surface area contributed by atoms with E-state index in [9.17, 15) is 99.9 Å². The van der Waals surface area contributed by atoms with Crippen molar-refractivity contribution in [3.63, 3.8) is 0 Å². The Labute approximate surface area is 501 Å². The third-order valence-electron chi connectivity index (χ3n) is 15.5. The number of rotatable bonds is 31. The molecule has 0 spiro atoms. The number of benzene rings is 1. The fourth-order valence-corrected chi connectivity index (χ4v) is 10.8. The number of hydrogen-bond donors (Lipinski definition) is 16. The second kappa shape index (κ2) is 33.2. The Bertz CT molecular complexity index is 2430. The van der Waals surface area contributed by atoms with Crippen molar-refractivity contribution in [2.75, 3.05) is 40.1 Å². The lowest BCUT2D eigenvalue weighted by atomic mass is 9.80. The van der Waals surface area contributed by atoms with Gasteiger partial charge in [-0.15, -0.1) is 0 Å². The number of carboxylic acid groups (broad SMARTS) is 1. The van der Waals surface area contributed by atoms with E-state index in [1.54, 1.807) is 12.1 Å². The van der Waals surface area contributed by atoms with Gasteiger partial charge in [0, 0.05) is 71.1 Å². The third-order valence-corrected chi connectivity index (χ3v) is 15.5. The summed E-state index contributed by atoms with van der Waals surface area (Å²) < 4.78 is 66.9. The molecule has 3 amide bonds. The molecule has 0 aromatic heterocycles. The summed E-state index contributed by atoms with van der Waals surface area (Å²) in [6, 6.07) is 3.51. The van der Waals surface area contributed by atoms with Crippen LogP contribution >= 0.6 is 0 Å². The average molecular weight is 1270 g/mol. The van der Waals surface area contributed by atoms with Crippen LogP contribution in [0.4, 0.5) is 0 Å². The Balaban J connectivity index is 0.991. The number of aliphatic carboxylic acids is 1. The molecule has 498 valence electrons. The van der Waals surface area contributed by atoms with E-state index in [-0.39, 0.29) is 56.7 Å². The zero-order valence-corrected chi connectivity index (χ0v) is 47.9. The Morgan fingerprint density at radius 2 is 1.28 bits per heavy atom. The Hall–Kier alpha value is -5.17. The molecule has 35 nitrogen and oxygen atoms in total. The van der Waals surface area contributed by atoms with Gasteiger partial charge in [-0.2, -0.15) is 0 Å². The molecule has 35 heteroatoms. The number of carbonyl (C=O) groups is 7. The standard InChI is InChI=1S/C53H79N3O32/c1-22(62)55-28-14-33(81-49-42(73)40(71)44(51(87-49)80-21-61)85-47-36(56-23(2)63)38(69)37(68)35(19-59)83-47)34(18-58)82-46(28)84-43-39(70)41(72)48(86-50(43)79-20-60)78-12-11-54-45(74)25-9-7-24(8-10-25)5-4-6-26(64)13-27-30(66)16-53(77-3,52(75)76)88-32(27)15-29(65)31(67)17-57/h7-10,20-21,27-44,46-51,57-59,65-73H,4-6,11-19H2,1-3H3,(H,54,74)(H,55,62)(H,56,63)(H,75,76)/t27-,28?,29+,30-,31-,32?,33+,34?,35?,36?,37-,38-,39-,40-,41?,42?,43+,44+,46-,47-,48-,49-,50?,51?,53-/m1/s1. The number of aryl methyl sites for hydroxylation is 1. The monoisotopic (exact) mass is 1270 g/mol. The molecule has 5 aliphatic heterocycles. The molecule has 5 fully saturated rings. The number of hydrogen-bond acceptors (Lipinski definition) is 31. The van der Waals surface area contributed by atoms with Gasteiger partial charge in [0.25, 0.3) is 24.6 Å². The minimum absolute atomic E-state index is 0.0277. The van der Waals surface area contributed by atoms with Crippen LogP contribution < -0.4 is 16.0 Å². The fourth-order valence-electron chi connectivity index (χ4n) is 10.8. The summed E-state index contributed by atoms with van der Waals surface area (Å²) in [5.41, 5.74) is 0.967. The van der Waals surface area contributed by atoms with E-state index in [0.29, 0.717) is 12.8 Å². The molecule has 16 N–H and O–H groups in total. The number of carboxylic acids is 1. The molecular weight excluding hydrogens is 1190 g/mol. The number of Topliss-reactive ketones (excluding diaryl/α,β-unsaturated/α-hetero) is 1. The molecule has 9 unspecified atom stereocenters. The highest BCUT2D eigenvalue weighted by atomic mass is 16.8. The van der Waals surface area contributed by atoms with Gasteiger partial charge in [0.15, 0.2) is 37.4 Å². The number of aliphatic hydroxyl groups is 12. The van der Waals surface area contributed by atoms with Crippen molar-refractivity contribution in [2.24, 2.45) is 5.92 Å². The van der Waals surface area contributed by atoms with Crippen LogP contribution in [-0.4, -0.2) is 296 Å². The number of amides is 3. The number of aliphatic hydroxyl groups excluding tert-OH is 12. The van der Waals surface area contributed by atoms with Gasteiger partial charge in [-0.25, -0.2) is 4.79 Å². The van der Waals surface area contributed by atoms with E-state index in [4.69, 9.17) is 56.8 Å². The molecule has 5 heterocycles. The lowest BCUT2D eigenvalue weighted by molar-refractivity contribution is -0.391. The van der Waals surface area contributed by atoms with Gasteiger partial charge in [-0.1, -0.05) is 12.1 Å². The van der Waals surface area contributed by atoms with Crippen LogP contribution in [0.15, 0.2) is 24.3 Å². The summed E-state index contributed by atoms with van der Waals surface area (Å²) in [5, 5.41) is 144. The van der Waals surface area contributed by atoms with Crippen molar-refractivity contribution < 1.29 is 157 Å². The normalized spacial score (nSPS) is 37.5. The molecule has 0 saturated carbocycles. The minimum atomic E-state index is -2.28. The molecule has 1 aromatic rings. The lowest BCUT2D eigenvalue weighted by Crippen LogP contribution is -2.68. The highest BCUT2D eigenvalue weighted by molar-refractivity contribution is 5.94. The first-order valence-corrected chi connectivity index (χ1v) is 28.1. The minimum Gasteiger partial charge on any atom is -0.477 e. The van der Waals surface area contributed by atoms with Crippen molar-refractivity contribution in [3.05, 3.63) is 35.4 Å². The zero-order valence-electron chi connectivity index (χ0n) is 47.9. The fraction of sp³-hybridized carbons (Fsp3) is 0.755. The summed E-state index contributed by atoms with van der Waals surface area (Å²) in [7, 11) is 1.06. The second-order valence-corrected chi connectivity index (χ2v) is 21.6. The van der Waals surface area contributed by atoms with E-state index < -0.39 is 209 Å². The van der Waals surface area contributed by atoms with Gasteiger partial charge in [-0.3, -0.25) is 28.8 Å². The van der Waals surface area contributed by atoms with Crippen LogP contribution in [0.3, 0.4) is 0 Å². The van der Waals surface area contributed by atoms with Crippen LogP contribution in [0.2, 0.25) is 0 Å². The first-order valence-electron chi connectivity index (χ1n) is 28.1. The molecule has 5 saturated heterocycles. The Morgan fingerprint density at radius 3 is 1.85 bits per heavy atom.